The molecule has 9 heteroatoms. The predicted molar refractivity (Wildman–Crippen MR) is 122 cm³/mol. The predicted octanol–water partition coefficient (Wildman–Crippen LogP) is 1.65. The number of benzene rings is 1. The van der Waals surface area contributed by atoms with Crippen LogP contribution in [-0.4, -0.2) is 48.3 Å². The van der Waals surface area contributed by atoms with E-state index in [1.807, 2.05) is 26.0 Å². The maximum absolute atomic E-state index is 12.8. The van der Waals surface area contributed by atoms with E-state index in [1.165, 1.54) is 14.0 Å². The number of primary amides is 1. The summed E-state index contributed by atoms with van der Waals surface area (Å²) in [5, 5.41) is 4.50. The smallest absolute Gasteiger partial charge is 0.242 e. The summed E-state index contributed by atoms with van der Waals surface area (Å²) in [5.41, 5.74) is 6.41. The van der Waals surface area contributed by atoms with Gasteiger partial charge in [-0.15, -0.1) is 0 Å². The average Bonchev–Trinajstić information content (AvgIpc) is 2.70. The van der Waals surface area contributed by atoms with Crippen LogP contribution in [0.3, 0.4) is 0 Å². The molecule has 8 nitrogen and oxygen atoms in total. The van der Waals surface area contributed by atoms with Crippen LogP contribution < -0.4 is 21.1 Å². The van der Waals surface area contributed by atoms with Gasteiger partial charge >= 0.3 is 0 Å². The Kier molecular flexibility index (Phi) is 11.1. The fraction of sp³-hybridized carbons (Fsp3) is 0.545. The minimum Gasteiger partial charge on any atom is -0.497 e. The average molecular weight is 452 g/mol. The number of likely N-dealkylation sites (N-methyl/N-ethyl adjacent to an activating group) is 1. The zero-order valence-electron chi connectivity index (χ0n) is 18.8. The highest BCUT2D eigenvalue weighted by atomic mass is 32.2. The van der Waals surface area contributed by atoms with Crippen molar-refractivity contribution in [3.63, 3.8) is 0 Å². The molecule has 3 unspecified atom stereocenters. The van der Waals surface area contributed by atoms with Gasteiger partial charge in [-0.1, -0.05) is 37.7 Å². The lowest BCUT2D eigenvalue weighted by Gasteiger charge is -2.25. The van der Waals surface area contributed by atoms with E-state index in [-0.39, 0.29) is 29.8 Å². The number of ether oxygens (including phenoxy) is 1. The van der Waals surface area contributed by atoms with Gasteiger partial charge in [-0.05, 0) is 30.0 Å². The van der Waals surface area contributed by atoms with Gasteiger partial charge in [0.05, 0.1) is 13.0 Å². The van der Waals surface area contributed by atoms with Crippen LogP contribution >= 0.6 is 11.8 Å². The van der Waals surface area contributed by atoms with E-state index < -0.39 is 29.0 Å². The largest absolute Gasteiger partial charge is 0.497 e. The maximum atomic E-state index is 12.8. The Hall–Kier alpha value is -2.55. The number of amides is 3. The molecule has 0 spiro atoms. The molecule has 172 valence electrons. The van der Waals surface area contributed by atoms with Crippen molar-refractivity contribution in [1.82, 2.24) is 10.6 Å². The van der Waals surface area contributed by atoms with E-state index in [4.69, 9.17) is 10.5 Å². The molecule has 1 aromatic carbocycles. The third kappa shape index (κ3) is 9.42. The van der Waals surface area contributed by atoms with E-state index in [9.17, 15) is 19.2 Å². The monoisotopic (exact) mass is 451 g/mol. The lowest BCUT2D eigenvalue weighted by Crippen LogP contribution is -2.48. The molecule has 0 saturated heterocycles. The van der Waals surface area contributed by atoms with Gasteiger partial charge in [0.1, 0.15) is 11.8 Å². The molecule has 3 atom stereocenters. The summed E-state index contributed by atoms with van der Waals surface area (Å²) in [4.78, 5) is 48.8. The van der Waals surface area contributed by atoms with Crippen molar-refractivity contribution in [2.24, 2.45) is 17.6 Å². The fourth-order valence-electron chi connectivity index (χ4n) is 3.26. The zero-order chi connectivity index (χ0) is 23.6. The molecule has 0 fully saturated rings. The number of hydrogen-bond donors (Lipinski definition) is 3. The normalized spacial score (nSPS) is 13.7. The van der Waals surface area contributed by atoms with Gasteiger partial charge in [-0.3, -0.25) is 19.2 Å². The van der Waals surface area contributed by atoms with Crippen molar-refractivity contribution in [1.29, 1.82) is 0 Å². The topological polar surface area (TPSA) is 128 Å². The summed E-state index contributed by atoms with van der Waals surface area (Å²) < 4.78 is 5.14. The van der Waals surface area contributed by atoms with Crippen LogP contribution in [-0.2, 0) is 25.6 Å². The van der Waals surface area contributed by atoms with Crippen LogP contribution in [0.25, 0.3) is 0 Å². The van der Waals surface area contributed by atoms with Crippen LogP contribution in [0, 0.1) is 11.8 Å². The van der Waals surface area contributed by atoms with Crippen molar-refractivity contribution in [3.05, 3.63) is 29.8 Å². The first kappa shape index (κ1) is 26.5. The van der Waals surface area contributed by atoms with Crippen LogP contribution in [0.5, 0.6) is 5.75 Å². The highest BCUT2D eigenvalue weighted by Gasteiger charge is 2.32. The number of nitrogens with two attached hydrogens (primary N) is 1. The van der Waals surface area contributed by atoms with Crippen LogP contribution in [0.2, 0.25) is 0 Å². The summed E-state index contributed by atoms with van der Waals surface area (Å²) in [6.45, 7) is 5.28. The van der Waals surface area contributed by atoms with E-state index >= 15 is 0 Å². The minimum absolute atomic E-state index is 0.0965. The van der Waals surface area contributed by atoms with Gasteiger partial charge in [0.15, 0.2) is 5.12 Å². The van der Waals surface area contributed by atoms with Crippen LogP contribution in [0.4, 0.5) is 0 Å². The zero-order valence-corrected chi connectivity index (χ0v) is 19.6. The number of methoxy groups -OCH3 is 1. The van der Waals surface area contributed by atoms with Gasteiger partial charge in [0, 0.05) is 32.1 Å². The molecule has 3 amide bonds. The quantitative estimate of drug-likeness (QED) is 0.443. The molecule has 0 aliphatic carbocycles. The summed E-state index contributed by atoms with van der Waals surface area (Å²) in [6.07, 6.45) is 0.657. The number of thioether (sulfide) groups is 1. The van der Waals surface area contributed by atoms with E-state index in [1.54, 1.807) is 19.2 Å². The molecule has 31 heavy (non-hydrogen) atoms. The molecular weight excluding hydrogens is 418 g/mol. The first-order valence-electron chi connectivity index (χ1n) is 10.2. The number of rotatable bonds is 12. The SMILES string of the molecule is CNC(=O)C(Cc1ccc(OC)cc1)NC(=O)CC(SC(C)=O)C(CC(C)C)C(N)=O. The maximum Gasteiger partial charge on any atom is 0.242 e. The Balaban J connectivity index is 2.95. The highest BCUT2D eigenvalue weighted by Crippen LogP contribution is 2.29. The van der Waals surface area contributed by atoms with Gasteiger partial charge in [-0.2, -0.15) is 0 Å². The Morgan fingerprint density at radius 1 is 1.13 bits per heavy atom. The standard InChI is InChI=1S/C22H33N3O5S/c1-13(2)10-17(21(23)28)19(31-14(3)26)12-20(27)25-18(22(29)24-4)11-15-6-8-16(30-5)9-7-15/h6-9,13,17-19H,10-12H2,1-5H3,(H2,23,28)(H,24,29)(H,25,27). The second-order valence-electron chi connectivity index (χ2n) is 7.78. The van der Waals surface area contributed by atoms with Gasteiger partial charge in [0.2, 0.25) is 17.7 Å². The van der Waals surface area contributed by atoms with Crippen LogP contribution in [0.15, 0.2) is 24.3 Å². The molecule has 0 bridgehead atoms. The van der Waals surface area contributed by atoms with Crippen molar-refractivity contribution in [2.75, 3.05) is 14.2 Å². The molecule has 0 aliphatic heterocycles. The van der Waals surface area contributed by atoms with Crippen molar-refractivity contribution < 1.29 is 23.9 Å². The molecule has 1 aromatic rings. The number of carbonyl (C=O) groups excluding carboxylic acids is 4. The van der Waals surface area contributed by atoms with Gasteiger partial charge < -0.3 is 21.1 Å². The number of carbonyl (C=O) groups is 4. The van der Waals surface area contributed by atoms with E-state index in [2.05, 4.69) is 10.6 Å². The molecule has 0 aliphatic rings. The third-order valence-electron chi connectivity index (χ3n) is 4.74. The first-order chi connectivity index (χ1) is 14.6. The summed E-state index contributed by atoms with van der Waals surface area (Å²) >= 11 is 0.941. The van der Waals surface area contributed by atoms with Crippen LogP contribution in [0.1, 0.15) is 39.2 Å². The molecule has 0 aromatic heterocycles. The van der Waals surface area contributed by atoms with Gasteiger partial charge in [-0.25, -0.2) is 0 Å². The lowest BCUT2D eigenvalue weighted by molar-refractivity contribution is -0.129. The first-order valence-corrected chi connectivity index (χ1v) is 11.1. The molecular formula is C22H33N3O5S. The van der Waals surface area contributed by atoms with Crippen molar-refractivity contribution in [2.45, 2.75) is 51.3 Å². The Morgan fingerprint density at radius 3 is 2.19 bits per heavy atom. The van der Waals surface area contributed by atoms with Gasteiger partial charge in [0.25, 0.3) is 0 Å². The van der Waals surface area contributed by atoms with E-state index in [0.29, 0.717) is 12.2 Å². The Bertz CT molecular complexity index is 767. The highest BCUT2D eigenvalue weighted by molar-refractivity contribution is 8.14. The number of hydrogen-bond acceptors (Lipinski definition) is 6. The molecule has 0 radical (unpaired) electrons. The second-order valence-corrected chi connectivity index (χ2v) is 9.19. The fourth-order valence-corrected chi connectivity index (χ4v) is 4.33. The molecule has 4 N–H and O–H groups in total. The third-order valence-corrected chi connectivity index (χ3v) is 5.87. The summed E-state index contributed by atoms with van der Waals surface area (Å²) in [6, 6.07) is 6.40. The summed E-state index contributed by atoms with van der Waals surface area (Å²) in [5.74, 6) is -1.06. The van der Waals surface area contributed by atoms with E-state index in [0.717, 1.165) is 17.3 Å². The van der Waals surface area contributed by atoms with Crippen molar-refractivity contribution in [3.8, 4) is 5.75 Å². The Morgan fingerprint density at radius 2 is 1.74 bits per heavy atom. The summed E-state index contributed by atoms with van der Waals surface area (Å²) in [7, 11) is 3.06. The molecule has 1 rings (SSSR count). The Labute approximate surface area is 188 Å². The van der Waals surface area contributed by atoms with Crippen molar-refractivity contribution >= 4 is 34.6 Å². The molecule has 0 heterocycles. The minimum atomic E-state index is -0.800. The number of nitrogens with one attached hydrogen (secondary N) is 2. The second kappa shape index (κ2) is 13.0. The molecule has 0 saturated carbocycles. The lowest BCUT2D eigenvalue weighted by atomic mass is 9.91.